The van der Waals surface area contributed by atoms with Crippen molar-refractivity contribution in [2.45, 2.75) is 6.10 Å². The lowest BCUT2D eigenvalue weighted by Gasteiger charge is -2.28. The fraction of sp³-hybridized carbons (Fsp3) is 0.222. The standard InChI is InChI=1S/C18H16ClN3O3/c1-20-17-16-14(7-11(19)8-15(16)25-13-9-24-10-13)22(18(23)21-17)12-5-3-2-4-6-12/h2-8,13H,9-10H2,1H3,(H,20,21,23). The van der Waals surface area contributed by atoms with Gasteiger partial charge in [0.05, 0.1) is 29.8 Å². The number of para-hydroxylation sites is 1. The summed E-state index contributed by atoms with van der Waals surface area (Å²) in [6.07, 6.45) is -0.0246. The normalized spacial score (nSPS) is 14.3. The molecule has 1 aliphatic heterocycles. The highest BCUT2D eigenvalue weighted by atomic mass is 35.5. The maximum atomic E-state index is 12.6. The molecule has 6 nitrogen and oxygen atoms in total. The molecule has 1 fully saturated rings. The number of ether oxygens (including phenoxy) is 2. The van der Waals surface area contributed by atoms with Crippen LogP contribution >= 0.6 is 11.6 Å². The van der Waals surface area contributed by atoms with Gasteiger partial charge in [0.15, 0.2) is 0 Å². The maximum Gasteiger partial charge on any atom is 0.354 e. The minimum absolute atomic E-state index is 0.0246. The Labute approximate surface area is 149 Å². The number of nitrogens with zero attached hydrogens (tertiary/aromatic N) is 2. The highest BCUT2D eigenvalue weighted by molar-refractivity contribution is 6.31. The van der Waals surface area contributed by atoms with Crippen LogP contribution in [-0.4, -0.2) is 35.9 Å². The predicted octanol–water partition coefficient (Wildman–Crippen LogP) is 2.86. The van der Waals surface area contributed by atoms with Gasteiger partial charge >= 0.3 is 5.69 Å². The fourth-order valence-electron chi connectivity index (χ4n) is 2.85. The number of hydrogen-bond donors (Lipinski definition) is 1. The van der Waals surface area contributed by atoms with E-state index in [1.54, 1.807) is 19.2 Å². The van der Waals surface area contributed by atoms with E-state index in [1.165, 1.54) is 4.57 Å². The summed E-state index contributed by atoms with van der Waals surface area (Å²) in [5.74, 6) is 1.04. The van der Waals surface area contributed by atoms with Gasteiger partial charge in [-0.05, 0) is 24.3 Å². The Bertz CT molecular complexity index is 984. The number of fused-ring (bicyclic) bond motifs is 1. The molecule has 2 heterocycles. The first-order valence-corrected chi connectivity index (χ1v) is 8.29. The van der Waals surface area contributed by atoms with Crippen LogP contribution in [0.2, 0.25) is 5.02 Å². The van der Waals surface area contributed by atoms with Crippen LogP contribution in [0.4, 0.5) is 5.82 Å². The minimum Gasteiger partial charge on any atom is -0.485 e. The van der Waals surface area contributed by atoms with Crippen molar-refractivity contribution in [1.29, 1.82) is 0 Å². The quantitative estimate of drug-likeness (QED) is 0.777. The third-order valence-corrected chi connectivity index (χ3v) is 4.29. The largest absolute Gasteiger partial charge is 0.485 e. The zero-order chi connectivity index (χ0) is 17.4. The van der Waals surface area contributed by atoms with E-state index in [-0.39, 0.29) is 11.8 Å². The van der Waals surface area contributed by atoms with E-state index < -0.39 is 0 Å². The van der Waals surface area contributed by atoms with Gasteiger partial charge in [-0.15, -0.1) is 0 Å². The Morgan fingerprint density at radius 2 is 2.04 bits per heavy atom. The average molecular weight is 358 g/mol. The molecule has 0 unspecified atom stereocenters. The number of halogens is 1. The zero-order valence-corrected chi connectivity index (χ0v) is 14.3. The van der Waals surface area contributed by atoms with Gasteiger partial charge in [0, 0.05) is 12.1 Å². The van der Waals surface area contributed by atoms with Crippen molar-refractivity contribution < 1.29 is 9.47 Å². The van der Waals surface area contributed by atoms with Crippen LogP contribution in [0.5, 0.6) is 5.75 Å². The van der Waals surface area contributed by atoms with Crippen LogP contribution in [0.15, 0.2) is 47.3 Å². The van der Waals surface area contributed by atoms with Crippen molar-refractivity contribution in [2.24, 2.45) is 0 Å². The summed E-state index contributed by atoms with van der Waals surface area (Å²) in [4.78, 5) is 16.8. The number of rotatable bonds is 4. The first kappa shape index (κ1) is 15.9. The second-order valence-corrected chi connectivity index (χ2v) is 6.18. The Kier molecular flexibility index (Phi) is 4.07. The summed E-state index contributed by atoms with van der Waals surface area (Å²) in [6, 6.07) is 12.8. The molecule has 128 valence electrons. The molecule has 0 amide bonds. The van der Waals surface area contributed by atoms with E-state index in [4.69, 9.17) is 21.1 Å². The summed E-state index contributed by atoms with van der Waals surface area (Å²) in [7, 11) is 1.72. The molecule has 3 aromatic rings. The molecule has 1 aliphatic rings. The third-order valence-electron chi connectivity index (χ3n) is 4.07. The summed E-state index contributed by atoms with van der Waals surface area (Å²) in [6.45, 7) is 1.07. The topological polar surface area (TPSA) is 65.4 Å². The van der Waals surface area contributed by atoms with Crippen molar-refractivity contribution in [3.8, 4) is 11.4 Å². The fourth-order valence-corrected chi connectivity index (χ4v) is 3.05. The predicted molar refractivity (Wildman–Crippen MR) is 97.1 cm³/mol. The number of anilines is 1. The summed E-state index contributed by atoms with van der Waals surface area (Å²) in [5, 5.41) is 4.18. The van der Waals surface area contributed by atoms with Crippen molar-refractivity contribution in [3.63, 3.8) is 0 Å². The van der Waals surface area contributed by atoms with Gasteiger partial charge in [0.2, 0.25) is 0 Å². The summed E-state index contributed by atoms with van der Waals surface area (Å²) in [5.41, 5.74) is 0.967. The van der Waals surface area contributed by atoms with Crippen LogP contribution in [0, 0.1) is 0 Å². The molecule has 25 heavy (non-hydrogen) atoms. The van der Waals surface area contributed by atoms with Gasteiger partial charge in [0.25, 0.3) is 0 Å². The van der Waals surface area contributed by atoms with Gasteiger partial charge in [-0.2, -0.15) is 4.98 Å². The van der Waals surface area contributed by atoms with Gasteiger partial charge in [-0.3, -0.25) is 4.57 Å². The second-order valence-electron chi connectivity index (χ2n) is 5.74. The van der Waals surface area contributed by atoms with Crippen LogP contribution in [-0.2, 0) is 4.74 Å². The lowest BCUT2D eigenvalue weighted by Crippen LogP contribution is -2.38. The number of benzene rings is 2. The van der Waals surface area contributed by atoms with Crippen LogP contribution in [0.25, 0.3) is 16.6 Å². The Morgan fingerprint density at radius 3 is 2.68 bits per heavy atom. The first-order chi connectivity index (χ1) is 12.2. The Hall–Kier alpha value is -2.57. The zero-order valence-electron chi connectivity index (χ0n) is 13.5. The van der Waals surface area contributed by atoms with E-state index in [1.807, 2.05) is 30.3 Å². The molecule has 4 rings (SSSR count). The van der Waals surface area contributed by atoms with E-state index in [2.05, 4.69) is 10.3 Å². The molecule has 0 aliphatic carbocycles. The van der Waals surface area contributed by atoms with Crippen molar-refractivity contribution >= 4 is 28.3 Å². The SMILES string of the molecule is CNc1nc(=O)n(-c2ccccc2)c2cc(Cl)cc(OC3COC3)c12. The molecule has 2 aromatic carbocycles. The third kappa shape index (κ3) is 2.83. The molecule has 0 spiro atoms. The van der Waals surface area contributed by atoms with Gasteiger partial charge in [-0.25, -0.2) is 4.79 Å². The van der Waals surface area contributed by atoms with Gasteiger partial charge in [-0.1, -0.05) is 29.8 Å². The highest BCUT2D eigenvalue weighted by Gasteiger charge is 2.23. The monoisotopic (exact) mass is 357 g/mol. The number of nitrogens with one attached hydrogen (secondary N) is 1. The van der Waals surface area contributed by atoms with E-state index in [9.17, 15) is 4.79 Å². The van der Waals surface area contributed by atoms with E-state index in [0.29, 0.717) is 46.4 Å². The summed E-state index contributed by atoms with van der Waals surface area (Å²) >= 11 is 6.31. The lowest BCUT2D eigenvalue weighted by atomic mass is 10.2. The highest BCUT2D eigenvalue weighted by Crippen LogP contribution is 2.35. The molecule has 1 N–H and O–H groups in total. The molecular weight excluding hydrogens is 342 g/mol. The smallest absolute Gasteiger partial charge is 0.354 e. The minimum atomic E-state index is -0.386. The molecule has 0 atom stereocenters. The first-order valence-electron chi connectivity index (χ1n) is 7.91. The molecule has 0 bridgehead atoms. The second kappa shape index (κ2) is 6.38. The molecule has 0 saturated carbocycles. The molecule has 1 aromatic heterocycles. The lowest BCUT2D eigenvalue weighted by molar-refractivity contribution is -0.0790. The van der Waals surface area contributed by atoms with Crippen molar-refractivity contribution in [2.75, 3.05) is 25.6 Å². The van der Waals surface area contributed by atoms with Crippen molar-refractivity contribution in [1.82, 2.24) is 9.55 Å². The molecular formula is C18H16ClN3O3. The van der Waals surface area contributed by atoms with E-state index >= 15 is 0 Å². The maximum absolute atomic E-state index is 12.6. The van der Waals surface area contributed by atoms with Crippen LogP contribution in [0.3, 0.4) is 0 Å². The number of hydrogen-bond acceptors (Lipinski definition) is 5. The van der Waals surface area contributed by atoms with Crippen LogP contribution < -0.4 is 15.7 Å². The van der Waals surface area contributed by atoms with E-state index in [0.717, 1.165) is 0 Å². The van der Waals surface area contributed by atoms with Gasteiger partial charge in [0.1, 0.15) is 17.7 Å². The molecule has 1 saturated heterocycles. The molecule has 0 radical (unpaired) electrons. The number of aromatic nitrogens is 2. The van der Waals surface area contributed by atoms with Gasteiger partial charge < -0.3 is 14.8 Å². The molecule has 7 heteroatoms. The van der Waals surface area contributed by atoms with Crippen LogP contribution in [0.1, 0.15) is 0 Å². The Morgan fingerprint density at radius 1 is 1.28 bits per heavy atom. The average Bonchev–Trinajstić information content (AvgIpc) is 2.57. The van der Waals surface area contributed by atoms with Crippen molar-refractivity contribution in [3.05, 3.63) is 58.0 Å². The summed E-state index contributed by atoms with van der Waals surface area (Å²) < 4.78 is 12.7. The Balaban J connectivity index is 2.03.